The van der Waals surface area contributed by atoms with Crippen molar-refractivity contribution in [1.29, 1.82) is 0 Å². The van der Waals surface area contributed by atoms with Crippen molar-refractivity contribution in [2.24, 2.45) is 5.92 Å². The third-order valence-corrected chi connectivity index (χ3v) is 6.95. The molecule has 2 atom stereocenters. The van der Waals surface area contributed by atoms with E-state index in [9.17, 15) is 23.2 Å². The first kappa shape index (κ1) is 27.3. The molecule has 0 spiro atoms. The monoisotopic (exact) mass is 539 g/mol. The molecule has 2 N–H and O–H groups in total. The Morgan fingerprint density at radius 1 is 0.947 bits per heavy atom. The SMILES string of the molecule is CC(C(=O)NCc1cc(F)cc(F)c1)C(=O)NC(Cc1ccccc1)C(=O)N1CCc2cccc(Cl)c2C1. The van der Waals surface area contributed by atoms with E-state index in [2.05, 4.69) is 10.6 Å². The Morgan fingerprint density at radius 2 is 1.66 bits per heavy atom. The number of halogens is 3. The largest absolute Gasteiger partial charge is 0.351 e. The molecular weight excluding hydrogens is 512 g/mol. The van der Waals surface area contributed by atoms with Crippen LogP contribution in [0.25, 0.3) is 0 Å². The van der Waals surface area contributed by atoms with Gasteiger partial charge in [0.2, 0.25) is 17.7 Å². The van der Waals surface area contributed by atoms with Gasteiger partial charge in [-0.15, -0.1) is 0 Å². The number of carbonyl (C=O) groups is 3. The molecule has 0 bridgehead atoms. The molecule has 3 amide bonds. The third-order valence-electron chi connectivity index (χ3n) is 6.60. The Kier molecular flexibility index (Phi) is 8.73. The molecule has 1 aliphatic rings. The van der Waals surface area contributed by atoms with Crippen LogP contribution >= 0.6 is 11.6 Å². The highest BCUT2D eigenvalue weighted by molar-refractivity contribution is 6.31. The van der Waals surface area contributed by atoms with E-state index in [-0.39, 0.29) is 24.4 Å². The van der Waals surface area contributed by atoms with E-state index < -0.39 is 35.4 Å². The zero-order valence-corrected chi connectivity index (χ0v) is 21.6. The van der Waals surface area contributed by atoms with E-state index in [1.807, 2.05) is 42.5 Å². The van der Waals surface area contributed by atoms with Gasteiger partial charge in [-0.2, -0.15) is 0 Å². The van der Waals surface area contributed by atoms with Crippen LogP contribution in [0, 0.1) is 17.6 Å². The quantitative estimate of drug-likeness (QED) is 0.422. The lowest BCUT2D eigenvalue weighted by Crippen LogP contribution is -2.53. The van der Waals surface area contributed by atoms with Crippen LogP contribution in [0.1, 0.15) is 29.2 Å². The fourth-order valence-electron chi connectivity index (χ4n) is 4.47. The van der Waals surface area contributed by atoms with Gasteiger partial charge in [0.15, 0.2) is 0 Å². The highest BCUT2D eigenvalue weighted by Crippen LogP contribution is 2.26. The van der Waals surface area contributed by atoms with Crippen LogP contribution in [0.2, 0.25) is 5.02 Å². The molecule has 4 rings (SSSR count). The molecule has 0 saturated heterocycles. The van der Waals surface area contributed by atoms with E-state index in [1.165, 1.54) is 6.92 Å². The first-order valence-electron chi connectivity index (χ1n) is 12.3. The second-order valence-electron chi connectivity index (χ2n) is 9.36. The van der Waals surface area contributed by atoms with Crippen LogP contribution in [0.3, 0.4) is 0 Å². The fraction of sp³-hybridized carbons (Fsp3) is 0.276. The summed E-state index contributed by atoms with van der Waals surface area (Å²) in [5.74, 6) is -4.19. The number of hydrogen-bond donors (Lipinski definition) is 2. The molecule has 3 aromatic carbocycles. The predicted octanol–water partition coefficient (Wildman–Crippen LogP) is 4.18. The number of amides is 3. The van der Waals surface area contributed by atoms with Gasteiger partial charge in [-0.1, -0.05) is 54.1 Å². The fourth-order valence-corrected chi connectivity index (χ4v) is 4.72. The van der Waals surface area contributed by atoms with Crippen molar-refractivity contribution in [1.82, 2.24) is 15.5 Å². The second-order valence-corrected chi connectivity index (χ2v) is 9.76. The van der Waals surface area contributed by atoms with Crippen molar-refractivity contribution in [2.45, 2.75) is 38.9 Å². The number of nitrogens with zero attached hydrogens (tertiary/aromatic N) is 1. The standard InChI is InChI=1S/C29H28ClF2N3O3/c1-18(27(36)33-16-20-12-22(31)15-23(32)13-20)28(37)34-26(14-19-6-3-2-4-7-19)29(38)35-11-10-21-8-5-9-25(30)24(21)17-35/h2-9,12-13,15,18,26H,10-11,14,16-17H2,1H3,(H,33,36)(H,34,37). The van der Waals surface area contributed by atoms with Crippen LogP contribution in [-0.2, 0) is 40.3 Å². The molecule has 3 aromatic rings. The van der Waals surface area contributed by atoms with Gasteiger partial charge >= 0.3 is 0 Å². The number of benzene rings is 3. The highest BCUT2D eigenvalue weighted by atomic mass is 35.5. The highest BCUT2D eigenvalue weighted by Gasteiger charge is 2.32. The van der Waals surface area contributed by atoms with Crippen molar-refractivity contribution in [2.75, 3.05) is 6.54 Å². The Hall–Kier alpha value is -3.78. The summed E-state index contributed by atoms with van der Waals surface area (Å²) in [6, 6.07) is 17.0. The molecule has 38 heavy (non-hydrogen) atoms. The van der Waals surface area contributed by atoms with Crippen molar-refractivity contribution >= 4 is 29.3 Å². The Bertz CT molecular complexity index is 1320. The van der Waals surface area contributed by atoms with Crippen molar-refractivity contribution in [3.8, 4) is 0 Å². The van der Waals surface area contributed by atoms with Crippen molar-refractivity contribution in [3.05, 3.63) is 106 Å². The summed E-state index contributed by atoms with van der Waals surface area (Å²) in [7, 11) is 0. The van der Waals surface area contributed by atoms with Gasteiger partial charge in [0.05, 0.1) is 0 Å². The normalized spacial score (nSPS) is 14.3. The number of carbonyl (C=O) groups excluding carboxylic acids is 3. The van der Waals surface area contributed by atoms with Crippen molar-refractivity contribution in [3.63, 3.8) is 0 Å². The van der Waals surface area contributed by atoms with E-state index in [0.29, 0.717) is 24.5 Å². The lowest BCUT2D eigenvalue weighted by molar-refractivity contribution is -0.140. The van der Waals surface area contributed by atoms with Gasteiger partial charge in [-0.25, -0.2) is 8.78 Å². The van der Waals surface area contributed by atoms with Gasteiger partial charge in [0.25, 0.3) is 0 Å². The van der Waals surface area contributed by atoms with Crippen LogP contribution in [0.15, 0.2) is 66.7 Å². The van der Waals surface area contributed by atoms with E-state index in [4.69, 9.17) is 11.6 Å². The minimum Gasteiger partial charge on any atom is -0.351 e. The molecule has 2 unspecified atom stereocenters. The first-order valence-corrected chi connectivity index (χ1v) is 12.7. The predicted molar refractivity (Wildman–Crippen MR) is 140 cm³/mol. The second kappa shape index (κ2) is 12.2. The molecule has 0 aromatic heterocycles. The number of rotatable bonds is 8. The van der Waals surface area contributed by atoms with Crippen molar-refractivity contribution < 1.29 is 23.2 Å². The molecule has 0 fully saturated rings. The topological polar surface area (TPSA) is 78.5 Å². The van der Waals surface area contributed by atoms with E-state index in [1.54, 1.807) is 11.0 Å². The molecule has 9 heteroatoms. The molecule has 0 radical (unpaired) electrons. The first-order chi connectivity index (χ1) is 18.2. The Morgan fingerprint density at radius 3 is 2.37 bits per heavy atom. The number of fused-ring (bicyclic) bond motifs is 1. The van der Waals surface area contributed by atoms with Crippen LogP contribution in [-0.4, -0.2) is 35.2 Å². The third kappa shape index (κ3) is 6.75. The molecular formula is C29H28ClF2N3O3. The number of nitrogens with one attached hydrogen (secondary N) is 2. The van der Waals surface area contributed by atoms with Crippen LogP contribution < -0.4 is 10.6 Å². The zero-order chi connectivity index (χ0) is 27.2. The van der Waals surface area contributed by atoms with E-state index >= 15 is 0 Å². The molecule has 6 nitrogen and oxygen atoms in total. The summed E-state index contributed by atoms with van der Waals surface area (Å²) >= 11 is 6.38. The van der Waals surface area contributed by atoms with Gasteiger partial charge in [0.1, 0.15) is 23.6 Å². The summed E-state index contributed by atoms with van der Waals surface area (Å²) < 4.78 is 26.9. The van der Waals surface area contributed by atoms with E-state index in [0.717, 1.165) is 34.9 Å². The van der Waals surface area contributed by atoms with Gasteiger partial charge in [-0.05, 0) is 53.8 Å². The lowest BCUT2D eigenvalue weighted by Gasteiger charge is -2.33. The minimum absolute atomic E-state index is 0.147. The molecule has 1 heterocycles. The summed E-state index contributed by atoms with van der Waals surface area (Å²) in [6.07, 6.45) is 0.890. The maximum Gasteiger partial charge on any atom is 0.245 e. The molecule has 0 aliphatic carbocycles. The van der Waals surface area contributed by atoms with Gasteiger partial charge < -0.3 is 15.5 Å². The van der Waals surface area contributed by atoms with Gasteiger partial charge in [0, 0.05) is 37.1 Å². The lowest BCUT2D eigenvalue weighted by atomic mass is 9.97. The summed E-state index contributed by atoms with van der Waals surface area (Å²) in [4.78, 5) is 41.0. The molecule has 0 saturated carbocycles. The average molecular weight is 540 g/mol. The Labute approximate surface area is 225 Å². The molecule has 198 valence electrons. The van der Waals surface area contributed by atoms with Crippen LogP contribution in [0.4, 0.5) is 8.78 Å². The number of hydrogen-bond acceptors (Lipinski definition) is 3. The Balaban J connectivity index is 1.45. The smallest absolute Gasteiger partial charge is 0.245 e. The summed E-state index contributed by atoms with van der Waals surface area (Å²) in [5.41, 5.74) is 3.06. The minimum atomic E-state index is -1.14. The average Bonchev–Trinajstić information content (AvgIpc) is 2.90. The summed E-state index contributed by atoms with van der Waals surface area (Å²) in [6.45, 7) is 2.08. The molecule has 1 aliphatic heterocycles. The van der Waals surface area contributed by atoms with Gasteiger partial charge in [-0.3, -0.25) is 14.4 Å². The maximum atomic E-state index is 13.6. The maximum absolute atomic E-state index is 13.6. The van der Waals surface area contributed by atoms with Crippen LogP contribution in [0.5, 0.6) is 0 Å². The zero-order valence-electron chi connectivity index (χ0n) is 20.8. The summed E-state index contributed by atoms with van der Waals surface area (Å²) in [5, 5.41) is 5.87.